The van der Waals surface area contributed by atoms with Gasteiger partial charge in [0.2, 0.25) is 0 Å². The quantitative estimate of drug-likeness (QED) is 0.305. The smallest absolute Gasteiger partial charge is 0.305 e. The molecule has 2 N–H and O–H groups in total. The molecule has 1 saturated carbocycles. The molecule has 0 aromatic rings. The number of aliphatic hydroxyl groups is 2. The maximum Gasteiger partial charge on any atom is 0.305 e. The molecule has 26 heavy (non-hydrogen) atoms. The number of rotatable bonds is 12. The molecule has 0 unspecified atom stereocenters. The van der Waals surface area contributed by atoms with E-state index in [0.717, 1.165) is 19.3 Å². The third kappa shape index (κ3) is 8.50. The molecule has 1 rings (SSSR count). The molecule has 4 nitrogen and oxygen atoms in total. The second-order valence-electron chi connectivity index (χ2n) is 7.65. The molecule has 0 amide bonds. The van der Waals surface area contributed by atoms with E-state index in [4.69, 9.17) is 0 Å². The first kappa shape index (κ1) is 22.9. The van der Waals surface area contributed by atoms with E-state index < -0.39 is 12.2 Å². The number of hydrogen-bond acceptors (Lipinski definition) is 4. The highest BCUT2D eigenvalue weighted by Crippen LogP contribution is 2.36. The van der Waals surface area contributed by atoms with Gasteiger partial charge in [-0.25, -0.2) is 0 Å². The number of carbonyl (C=O) groups is 1. The monoisotopic (exact) mass is 366 g/mol. The third-order valence-electron chi connectivity index (χ3n) is 5.40. The number of esters is 1. The number of allylic oxidation sites excluding steroid dienone is 3. The molecule has 4 heteroatoms. The van der Waals surface area contributed by atoms with E-state index >= 15 is 0 Å². The Morgan fingerprint density at radius 2 is 1.96 bits per heavy atom. The normalized spacial score (nSPS) is 27.4. The third-order valence-corrected chi connectivity index (χ3v) is 5.40. The van der Waals surface area contributed by atoms with Crippen molar-refractivity contribution in [2.24, 2.45) is 17.8 Å². The molecule has 0 aromatic heterocycles. The van der Waals surface area contributed by atoms with E-state index in [0.29, 0.717) is 18.8 Å². The van der Waals surface area contributed by atoms with Crippen molar-refractivity contribution in [1.29, 1.82) is 0 Å². The molecule has 0 heterocycles. The summed E-state index contributed by atoms with van der Waals surface area (Å²) in [4.78, 5) is 11.1. The minimum absolute atomic E-state index is 0.0262. The van der Waals surface area contributed by atoms with Gasteiger partial charge >= 0.3 is 5.97 Å². The first-order chi connectivity index (χ1) is 12.5. The van der Waals surface area contributed by atoms with Gasteiger partial charge in [0.1, 0.15) is 0 Å². The highest BCUT2D eigenvalue weighted by Gasteiger charge is 2.39. The van der Waals surface area contributed by atoms with Crippen molar-refractivity contribution in [1.82, 2.24) is 0 Å². The first-order valence-electron chi connectivity index (χ1n) is 10.3. The van der Waals surface area contributed by atoms with Gasteiger partial charge in [-0.2, -0.15) is 0 Å². The zero-order chi connectivity index (χ0) is 19.4. The highest BCUT2D eigenvalue weighted by atomic mass is 16.5. The summed E-state index contributed by atoms with van der Waals surface area (Å²) >= 11 is 0. The maximum atomic E-state index is 11.1. The Balaban J connectivity index is 2.44. The molecule has 0 bridgehead atoms. The van der Waals surface area contributed by atoms with Crippen LogP contribution in [0, 0.1) is 17.8 Å². The summed E-state index contributed by atoms with van der Waals surface area (Å²) < 4.78 is 4.62. The van der Waals surface area contributed by atoms with E-state index in [1.807, 2.05) is 0 Å². The van der Waals surface area contributed by atoms with Crippen LogP contribution in [0.5, 0.6) is 0 Å². The Kier molecular flexibility index (Phi) is 11.5. The SMILES string of the molecule is CCCCC[C@H](C)/C=C/[C@@H]1[C@@H](C/C=C\CCCC(=O)OC)[C@@H](O)C[C@H]1O. The second-order valence-corrected chi connectivity index (χ2v) is 7.65. The predicted octanol–water partition coefficient (Wildman–Crippen LogP) is 4.41. The standard InChI is InChI=1S/C22H38O4/c1-4-5-8-11-17(2)14-15-19-18(20(23)16-21(19)24)12-9-6-7-10-13-22(25)26-3/h6,9,14-15,17-21,23-24H,4-5,7-8,10-13,16H2,1-3H3/b9-6-,15-14+/t17-,18+,19+,20-,21+/m0/s1. The van der Waals surface area contributed by atoms with Crippen molar-refractivity contribution in [3.05, 3.63) is 24.3 Å². The van der Waals surface area contributed by atoms with Gasteiger partial charge in [-0.15, -0.1) is 0 Å². The Bertz CT molecular complexity index is 443. The van der Waals surface area contributed by atoms with E-state index in [-0.39, 0.29) is 17.8 Å². The van der Waals surface area contributed by atoms with Gasteiger partial charge in [0.15, 0.2) is 0 Å². The number of unbranched alkanes of at least 4 members (excludes halogenated alkanes) is 3. The number of hydrogen-bond donors (Lipinski definition) is 2. The van der Waals surface area contributed by atoms with Crippen LogP contribution in [0.4, 0.5) is 0 Å². The van der Waals surface area contributed by atoms with Crippen LogP contribution in [-0.2, 0) is 9.53 Å². The zero-order valence-corrected chi connectivity index (χ0v) is 16.8. The van der Waals surface area contributed by atoms with Crippen molar-refractivity contribution in [2.45, 2.75) is 83.8 Å². The molecule has 5 atom stereocenters. The number of aliphatic hydroxyl groups excluding tert-OH is 2. The topological polar surface area (TPSA) is 66.8 Å². The molecule has 0 saturated heterocycles. The van der Waals surface area contributed by atoms with E-state index in [9.17, 15) is 15.0 Å². The summed E-state index contributed by atoms with van der Waals surface area (Å²) in [7, 11) is 1.41. The van der Waals surface area contributed by atoms with Crippen LogP contribution in [0.2, 0.25) is 0 Å². The van der Waals surface area contributed by atoms with Gasteiger partial charge in [0, 0.05) is 18.8 Å². The minimum Gasteiger partial charge on any atom is -0.469 e. The Labute approximate surface area is 159 Å². The average molecular weight is 367 g/mol. The van der Waals surface area contributed by atoms with Gasteiger partial charge in [-0.3, -0.25) is 4.79 Å². The number of ether oxygens (including phenoxy) is 1. The fraction of sp³-hybridized carbons (Fsp3) is 0.773. The Hall–Kier alpha value is -1.13. The molecule has 0 spiro atoms. The lowest BCUT2D eigenvalue weighted by Crippen LogP contribution is -2.20. The van der Waals surface area contributed by atoms with Crippen LogP contribution in [0.25, 0.3) is 0 Å². The fourth-order valence-electron chi connectivity index (χ4n) is 3.67. The molecule has 1 aliphatic rings. The second kappa shape index (κ2) is 13.1. The van der Waals surface area contributed by atoms with Gasteiger partial charge in [0.05, 0.1) is 19.3 Å². The van der Waals surface area contributed by atoms with Crippen LogP contribution < -0.4 is 0 Å². The predicted molar refractivity (Wildman–Crippen MR) is 106 cm³/mol. The lowest BCUT2D eigenvalue weighted by molar-refractivity contribution is -0.140. The molecule has 0 radical (unpaired) electrons. The molecular weight excluding hydrogens is 328 g/mol. The summed E-state index contributed by atoms with van der Waals surface area (Å²) in [5, 5.41) is 20.6. The number of carbonyl (C=O) groups excluding carboxylic acids is 1. The summed E-state index contributed by atoms with van der Waals surface area (Å²) in [5.41, 5.74) is 0. The van der Waals surface area contributed by atoms with Crippen molar-refractivity contribution in [3.8, 4) is 0 Å². The summed E-state index contributed by atoms with van der Waals surface area (Å²) in [6, 6.07) is 0. The van der Waals surface area contributed by atoms with Crippen LogP contribution in [0.1, 0.15) is 71.6 Å². The van der Waals surface area contributed by atoms with Gasteiger partial charge in [-0.1, -0.05) is 57.4 Å². The Morgan fingerprint density at radius 3 is 2.65 bits per heavy atom. The largest absolute Gasteiger partial charge is 0.469 e. The molecule has 1 aliphatic carbocycles. The lowest BCUT2D eigenvalue weighted by atomic mass is 9.88. The van der Waals surface area contributed by atoms with Gasteiger partial charge in [-0.05, 0) is 37.5 Å². The average Bonchev–Trinajstić information content (AvgIpc) is 2.89. The van der Waals surface area contributed by atoms with Crippen LogP contribution >= 0.6 is 0 Å². The van der Waals surface area contributed by atoms with Crippen molar-refractivity contribution in [3.63, 3.8) is 0 Å². The van der Waals surface area contributed by atoms with E-state index in [2.05, 4.69) is 42.9 Å². The summed E-state index contributed by atoms with van der Waals surface area (Å²) in [6.45, 7) is 4.44. The lowest BCUT2D eigenvalue weighted by Gasteiger charge is -2.19. The Morgan fingerprint density at radius 1 is 1.19 bits per heavy atom. The van der Waals surface area contributed by atoms with Crippen molar-refractivity contribution >= 4 is 5.97 Å². The number of methoxy groups -OCH3 is 1. The molecule has 0 aromatic carbocycles. The molecule has 0 aliphatic heterocycles. The van der Waals surface area contributed by atoms with Crippen LogP contribution in [0.15, 0.2) is 24.3 Å². The molecular formula is C22H38O4. The minimum atomic E-state index is -0.457. The fourth-order valence-corrected chi connectivity index (χ4v) is 3.67. The first-order valence-corrected chi connectivity index (χ1v) is 10.3. The van der Waals surface area contributed by atoms with Crippen molar-refractivity contribution < 1.29 is 19.7 Å². The zero-order valence-electron chi connectivity index (χ0n) is 16.8. The van der Waals surface area contributed by atoms with Crippen LogP contribution in [0.3, 0.4) is 0 Å². The van der Waals surface area contributed by atoms with E-state index in [1.165, 1.54) is 32.8 Å². The molecule has 1 fully saturated rings. The van der Waals surface area contributed by atoms with Gasteiger partial charge in [0.25, 0.3) is 0 Å². The summed E-state index contributed by atoms with van der Waals surface area (Å²) in [5.74, 6) is 0.436. The van der Waals surface area contributed by atoms with Crippen molar-refractivity contribution in [2.75, 3.05) is 7.11 Å². The maximum absolute atomic E-state index is 11.1. The highest BCUT2D eigenvalue weighted by molar-refractivity contribution is 5.69. The van der Waals surface area contributed by atoms with Crippen LogP contribution in [-0.4, -0.2) is 35.5 Å². The molecule has 150 valence electrons. The van der Waals surface area contributed by atoms with Gasteiger partial charge < -0.3 is 14.9 Å². The van der Waals surface area contributed by atoms with E-state index in [1.54, 1.807) is 0 Å². The summed E-state index contributed by atoms with van der Waals surface area (Å²) in [6.07, 6.45) is 15.8.